The number of aromatic nitrogens is 1. The maximum atomic E-state index is 12.6. The number of hydrogen-bond donors (Lipinski definition) is 4. The van der Waals surface area contributed by atoms with Crippen LogP contribution in [0.3, 0.4) is 0 Å². The van der Waals surface area contributed by atoms with Gasteiger partial charge in [0.2, 0.25) is 11.8 Å². The van der Waals surface area contributed by atoms with Crippen LogP contribution in [0.15, 0.2) is 41.8 Å². The minimum absolute atomic E-state index is 0.162. The van der Waals surface area contributed by atoms with Gasteiger partial charge in [-0.05, 0) is 44.0 Å². The Bertz CT molecular complexity index is 722. The van der Waals surface area contributed by atoms with Crippen molar-refractivity contribution in [1.82, 2.24) is 10.3 Å². The fourth-order valence-corrected chi connectivity index (χ4v) is 2.66. The van der Waals surface area contributed by atoms with Gasteiger partial charge < -0.3 is 26.9 Å². The Morgan fingerprint density at radius 3 is 2.43 bits per heavy atom. The lowest BCUT2D eigenvalue weighted by Crippen LogP contribution is -2.42. The number of nitrogens with one attached hydrogen (secondary N) is 2. The van der Waals surface area contributed by atoms with Gasteiger partial charge in [0.1, 0.15) is 18.6 Å². The Kier molecular flexibility index (Phi) is 16.9. The molecule has 2 rings (SSSR count). The summed E-state index contributed by atoms with van der Waals surface area (Å²) >= 11 is 6.05. The number of primary amides is 1. The van der Waals surface area contributed by atoms with Crippen molar-refractivity contribution in [3.05, 3.63) is 46.8 Å². The van der Waals surface area contributed by atoms with Gasteiger partial charge >= 0.3 is 0 Å². The quantitative estimate of drug-likeness (QED) is 0.537. The lowest BCUT2D eigenvalue weighted by molar-refractivity contribution is -0.125. The normalized spacial score (nSPS) is 15.1. The van der Waals surface area contributed by atoms with Crippen LogP contribution in [-0.4, -0.2) is 36.7 Å². The Labute approximate surface area is 184 Å². The summed E-state index contributed by atoms with van der Waals surface area (Å²) in [5.74, 6) is -0.172. The molecule has 168 valence electrons. The number of anilines is 1. The molecule has 9 heteroatoms. The number of amides is 2. The molecule has 0 spiro atoms. The molecule has 0 saturated carbocycles. The molecule has 0 aromatic carbocycles. The molecule has 2 atom stereocenters. The first-order valence-corrected chi connectivity index (χ1v) is 9.96. The number of hydrogen-bond acceptors (Lipinski definition) is 6. The second-order valence-electron chi connectivity index (χ2n) is 5.87. The Morgan fingerprint density at radius 2 is 1.93 bits per heavy atom. The van der Waals surface area contributed by atoms with Crippen molar-refractivity contribution < 1.29 is 14.4 Å². The zero-order valence-electron chi connectivity index (χ0n) is 18.4. The minimum atomic E-state index is -0.858. The molecule has 0 aliphatic heterocycles. The second kappa shape index (κ2) is 17.2. The third kappa shape index (κ3) is 10.7. The standard InChI is InChI=1S/C17H21ClN4O2.C2H6.CH5N.CH2O/c1-10-5-6-13(11(2)8-10)22-17(24)14(9-15(19)23)21-16-12(18)4-3-7-20-16;3*1-2/h3-4,6-8,10,14H,5,9H2,1-2H3,(H2,19,23)(H,20,21)(H,22,24);1-2H3;2H2,1H3;1H2. The monoisotopic (exact) mass is 439 g/mol. The highest BCUT2D eigenvalue weighted by Gasteiger charge is 2.23. The van der Waals surface area contributed by atoms with Crippen molar-refractivity contribution in [2.45, 2.75) is 46.6 Å². The van der Waals surface area contributed by atoms with Crippen molar-refractivity contribution in [3.63, 3.8) is 0 Å². The Morgan fingerprint density at radius 1 is 1.33 bits per heavy atom. The summed E-state index contributed by atoms with van der Waals surface area (Å²) < 4.78 is 0. The molecular weight excluding hydrogens is 406 g/mol. The van der Waals surface area contributed by atoms with Crippen LogP contribution in [0.1, 0.15) is 40.5 Å². The summed E-state index contributed by atoms with van der Waals surface area (Å²) in [5, 5.41) is 6.10. The van der Waals surface area contributed by atoms with E-state index in [1.807, 2.05) is 33.6 Å². The van der Waals surface area contributed by atoms with Crippen molar-refractivity contribution >= 4 is 36.0 Å². The summed E-state index contributed by atoms with van der Waals surface area (Å²) in [7, 11) is 1.50. The number of halogens is 1. The second-order valence-corrected chi connectivity index (χ2v) is 6.28. The molecule has 8 nitrogen and oxygen atoms in total. The van der Waals surface area contributed by atoms with E-state index in [9.17, 15) is 9.59 Å². The van der Waals surface area contributed by atoms with Gasteiger partial charge in [0, 0.05) is 11.9 Å². The van der Waals surface area contributed by atoms with E-state index in [-0.39, 0.29) is 12.3 Å². The summed E-state index contributed by atoms with van der Waals surface area (Å²) in [6.07, 6.45) is 6.32. The van der Waals surface area contributed by atoms with Crippen molar-refractivity contribution in [3.8, 4) is 0 Å². The molecule has 2 unspecified atom stereocenters. The van der Waals surface area contributed by atoms with Crippen molar-refractivity contribution in [2.75, 3.05) is 12.4 Å². The van der Waals surface area contributed by atoms with Crippen LogP contribution in [0.25, 0.3) is 0 Å². The summed E-state index contributed by atoms with van der Waals surface area (Å²) in [4.78, 5) is 36.0. The van der Waals surface area contributed by atoms with Crippen molar-refractivity contribution in [1.29, 1.82) is 0 Å². The molecule has 6 N–H and O–H groups in total. The van der Waals surface area contributed by atoms with Gasteiger partial charge in [-0.2, -0.15) is 0 Å². The van der Waals surface area contributed by atoms with E-state index < -0.39 is 11.9 Å². The number of carbonyl (C=O) groups excluding carboxylic acids is 3. The molecular formula is C21H34ClN5O3. The molecule has 30 heavy (non-hydrogen) atoms. The molecule has 1 aromatic rings. The Hall–Kier alpha value is -2.71. The smallest absolute Gasteiger partial charge is 0.247 e. The van der Waals surface area contributed by atoms with Crippen LogP contribution >= 0.6 is 11.6 Å². The number of nitrogens with zero attached hydrogens (tertiary/aromatic N) is 1. The van der Waals surface area contributed by atoms with Gasteiger partial charge in [-0.15, -0.1) is 0 Å². The predicted octanol–water partition coefficient (Wildman–Crippen LogP) is 2.79. The third-order valence-electron chi connectivity index (χ3n) is 3.70. The number of pyridine rings is 1. The van der Waals surface area contributed by atoms with E-state index in [0.29, 0.717) is 16.8 Å². The highest BCUT2D eigenvalue weighted by molar-refractivity contribution is 6.32. The van der Waals surface area contributed by atoms with E-state index in [1.165, 1.54) is 7.05 Å². The van der Waals surface area contributed by atoms with E-state index in [1.54, 1.807) is 18.3 Å². The van der Waals surface area contributed by atoms with Crippen LogP contribution in [-0.2, 0) is 14.4 Å². The van der Waals surface area contributed by atoms with E-state index >= 15 is 0 Å². The molecule has 1 aliphatic carbocycles. The number of allylic oxidation sites excluding steroid dienone is 3. The fraction of sp³-hybridized carbons (Fsp3) is 0.429. The molecule has 0 radical (unpaired) electrons. The van der Waals surface area contributed by atoms with Crippen molar-refractivity contribution in [2.24, 2.45) is 17.4 Å². The first-order valence-electron chi connectivity index (χ1n) is 9.58. The first-order chi connectivity index (χ1) is 14.4. The lowest BCUT2D eigenvalue weighted by Gasteiger charge is -2.22. The van der Waals surface area contributed by atoms with Crippen LogP contribution in [0.2, 0.25) is 5.02 Å². The zero-order chi connectivity index (χ0) is 23.7. The summed E-state index contributed by atoms with van der Waals surface area (Å²) in [6, 6.07) is 2.47. The van der Waals surface area contributed by atoms with Gasteiger partial charge in [-0.1, -0.05) is 44.5 Å². The van der Waals surface area contributed by atoms with E-state index in [0.717, 1.165) is 17.7 Å². The van der Waals surface area contributed by atoms with Crippen LogP contribution < -0.4 is 22.1 Å². The van der Waals surface area contributed by atoms with Gasteiger partial charge in [0.15, 0.2) is 0 Å². The molecule has 2 amide bonds. The van der Waals surface area contributed by atoms with Crippen LogP contribution in [0.4, 0.5) is 5.82 Å². The molecule has 1 aromatic heterocycles. The fourth-order valence-electron chi connectivity index (χ4n) is 2.49. The maximum Gasteiger partial charge on any atom is 0.247 e. The number of nitrogens with two attached hydrogens (primary N) is 2. The molecule has 1 heterocycles. The van der Waals surface area contributed by atoms with Gasteiger partial charge in [0.05, 0.1) is 11.4 Å². The highest BCUT2D eigenvalue weighted by atomic mass is 35.5. The lowest BCUT2D eigenvalue weighted by atomic mass is 9.96. The average molecular weight is 440 g/mol. The van der Waals surface area contributed by atoms with Gasteiger partial charge in [-0.3, -0.25) is 9.59 Å². The summed E-state index contributed by atoms with van der Waals surface area (Å²) in [5.41, 5.74) is 11.5. The van der Waals surface area contributed by atoms with E-state index in [2.05, 4.69) is 34.4 Å². The molecule has 0 bridgehead atoms. The largest absolute Gasteiger partial charge is 0.370 e. The zero-order valence-corrected chi connectivity index (χ0v) is 19.1. The number of carbonyl (C=O) groups is 3. The van der Waals surface area contributed by atoms with E-state index in [4.69, 9.17) is 22.1 Å². The molecule has 1 aliphatic rings. The van der Waals surface area contributed by atoms with Gasteiger partial charge in [0.25, 0.3) is 0 Å². The highest BCUT2D eigenvalue weighted by Crippen LogP contribution is 2.22. The Balaban J connectivity index is 0. The minimum Gasteiger partial charge on any atom is -0.370 e. The SMILES string of the molecule is C=O.CC.CC1=CC(C)CC=C1NC(=O)C(CC(N)=O)Nc1ncccc1Cl.CN. The topological polar surface area (TPSA) is 140 Å². The molecule has 0 saturated heterocycles. The maximum absolute atomic E-state index is 12.6. The predicted molar refractivity (Wildman–Crippen MR) is 123 cm³/mol. The van der Waals surface area contributed by atoms with Gasteiger partial charge in [-0.25, -0.2) is 4.98 Å². The van der Waals surface area contributed by atoms with Crippen LogP contribution in [0, 0.1) is 5.92 Å². The number of rotatable bonds is 6. The molecule has 0 fully saturated rings. The van der Waals surface area contributed by atoms with Crippen LogP contribution in [0.5, 0.6) is 0 Å². The third-order valence-corrected chi connectivity index (χ3v) is 4.01. The average Bonchev–Trinajstić information content (AvgIpc) is 2.75. The summed E-state index contributed by atoms with van der Waals surface area (Å²) in [6.45, 7) is 10.0. The first kappa shape index (κ1) is 29.5.